The maximum absolute atomic E-state index is 12.0. The topological polar surface area (TPSA) is 51.2 Å². The molecule has 0 radical (unpaired) electrons. The number of carbonyl (C=O) groups excluding carboxylic acids is 1. The molecule has 4 nitrogen and oxygen atoms in total. The van der Waals surface area contributed by atoms with Gasteiger partial charge in [0.1, 0.15) is 5.75 Å². The van der Waals surface area contributed by atoms with Crippen molar-refractivity contribution in [3.8, 4) is 17.0 Å². The minimum Gasteiger partial charge on any atom is -0.484 e. The van der Waals surface area contributed by atoms with Gasteiger partial charge in [0.2, 0.25) is 0 Å². The molecule has 0 fully saturated rings. The second kappa shape index (κ2) is 8.27. The van der Waals surface area contributed by atoms with E-state index < -0.39 is 0 Å². The second-order valence-electron chi connectivity index (χ2n) is 5.38. The number of amides is 1. The number of aromatic nitrogens is 1. The molecule has 0 saturated carbocycles. The number of nitrogens with zero attached hydrogens (tertiary/aromatic N) is 1. The van der Waals surface area contributed by atoms with Crippen LogP contribution < -0.4 is 10.1 Å². The molecule has 1 N–H and O–H groups in total. The van der Waals surface area contributed by atoms with Crippen LogP contribution in [0.4, 0.5) is 5.13 Å². The van der Waals surface area contributed by atoms with E-state index >= 15 is 0 Å². The molecule has 1 heterocycles. The van der Waals surface area contributed by atoms with E-state index in [4.69, 9.17) is 4.74 Å². The standard InChI is InChI=1S/C19H17BrN2O2S/c1-2-13-6-8-16(9-7-13)24-11-18(23)22-19-21-17(12-25-19)14-4-3-5-15(20)10-14/h3-10,12H,2,11H2,1H3,(H,21,22,23). The maximum Gasteiger partial charge on any atom is 0.264 e. The highest BCUT2D eigenvalue weighted by Gasteiger charge is 2.09. The summed E-state index contributed by atoms with van der Waals surface area (Å²) in [5, 5.41) is 5.25. The Morgan fingerprint density at radius 2 is 2.04 bits per heavy atom. The quantitative estimate of drug-likeness (QED) is 0.603. The molecule has 0 aliphatic heterocycles. The minimum atomic E-state index is -0.227. The van der Waals surface area contributed by atoms with Crippen molar-refractivity contribution in [2.24, 2.45) is 0 Å². The van der Waals surface area contributed by atoms with E-state index in [0.717, 1.165) is 22.2 Å². The summed E-state index contributed by atoms with van der Waals surface area (Å²) in [7, 11) is 0. The molecule has 0 aliphatic carbocycles. The molecule has 0 aliphatic rings. The number of hydrogen-bond donors (Lipinski definition) is 1. The Labute approximate surface area is 159 Å². The molecular formula is C19H17BrN2O2S. The number of aryl methyl sites for hydroxylation is 1. The van der Waals surface area contributed by atoms with Crippen LogP contribution in [-0.4, -0.2) is 17.5 Å². The van der Waals surface area contributed by atoms with E-state index in [1.807, 2.05) is 53.9 Å². The third kappa shape index (κ3) is 4.90. The van der Waals surface area contributed by atoms with E-state index in [-0.39, 0.29) is 12.5 Å². The van der Waals surface area contributed by atoms with Gasteiger partial charge in [-0.2, -0.15) is 0 Å². The summed E-state index contributed by atoms with van der Waals surface area (Å²) in [6.45, 7) is 2.05. The summed E-state index contributed by atoms with van der Waals surface area (Å²) in [4.78, 5) is 16.5. The van der Waals surface area contributed by atoms with Gasteiger partial charge in [-0.25, -0.2) is 4.98 Å². The van der Waals surface area contributed by atoms with E-state index in [1.54, 1.807) is 0 Å². The summed E-state index contributed by atoms with van der Waals surface area (Å²) in [6, 6.07) is 15.6. The zero-order chi connectivity index (χ0) is 17.6. The molecule has 0 atom stereocenters. The van der Waals surface area contributed by atoms with Crippen LogP contribution in [0.3, 0.4) is 0 Å². The highest BCUT2D eigenvalue weighted by molar-refractivity contribution is 9.10. The third-order valence-electron chi connectivity index (χ3n) is 3.57. The molecule has 0 spiro atoms. The van der Waals surface area contributed by atoms with Gasteiger partial charge < -0.3 is 4.74 Å². The first-order valence-corrected chi connectivity index (χ1v) is 9.54. The van der Waals surface area contributed by atoms with Crippen molar-refractivity contribution in [1.29, 1.82) is 0 Å². The average Bonchev–Trinajstić information content (AvgIpc) is 3.09. The van der Waals surface area contributed by atoms with Crippen molar-refractivity contribution < 1.29 is 9.53 Å². The molecule has 128 valence electrons. The van der Waals surface area contributed by atoms with Gasteiger partial charge in [-0.15, -0.1) is 11.3 Å². The molecule has 25 heavy (non-hydrogen) atoms. The van der Waals surface area contributed by atoms with Crippen molar-refractivity contribution in [2.45, 2.75) is 13.3 Å². The molecule has 0 unspecified atom stereocenters. The van der Waals surface area contributed by atoms with Gasteiger partial charge in [0.15, 0.2) is 11.7 Å². The molecule has 2 aromatic carbocycles. The van der Waals surface area contributed by atoms with Gasteiger partial charge in [0.25, 0.3) is 5.91 Å². The van der Waals surface area contributed by atoms with Crippen molar-refractivity contribution in [3.63, 3.8) is 0 Å². The van der Waals surface area contributed by atoms with Gasteiger partial charge in [-0.1, -0.05) is 47.1 Å². The van der Waals surface area contributed by atoms with Crippen LogP contribution in [0.15, 0.2) is 58.4 Å². The van der Waals surface area contributed by atoms with Crippen LogP contribution in [0.5, 0.6) is 5.75 Å². The van der Waals surface area contributed by atoms with Gasteiger partial charge in [-0.05, 0) is 36.2 Å². The minimum absolute atomic E-state index is 0.0444. The number of thiazole rings is 1. The van der Waals surface area contributed by atoms with Gasteiger partial charge >= 0.3 is 0 Å². The SMILES string of the molecule is CCc1ccc(OCC(=O)Nc2nc(-c3cccc(Br)c3)cs2)cc1. The van der Waals surface area contributed by atoms with Crippen LogP contribution in [0, 0.1) is 0 Å². The number of benzene rings is 2. The summed E-state index contributed by atoms with van der Waals surface area (Å²) >= 11 is 4.84. The number of nitrogens with one attached hydrogen (secondary N) is 1. The highest BCUT2D eigenvalue weighted by atomic mass is 79.9. The Bertz CT molecular complexity index is 862. The number of hydrogen-bond acceptors (Lipinski definition) is 4. The molecule has 0 bridgehead atoms. The summed E-state index contributed by atoms with van der Waals surface area (Å²) in [5.74, 6) is 0.455. The largest absolute Gasteiger partial charge is 0.484 e. The van der Waals surface area contributed by atoms with Crippen molar-refractivity contribution >= 4 is 38.3 Å². The number of anilines is 1. The van der Waals surface area contributed by atoms with E-state index in [1.165, 1.54) is 16.9 Å². The van der Waals surface area contributed by atoms with Crippen LogP contribution in [-0.2, 0) is 11.2 Å². The number of ether oxygens (including phenoxy) is 1. The third-order valence-corrected chi connectivity index (χ3v) is 4.82. The Balaban J connectivity index is 1.56. The molecule has 0 saturated heterocycles. The monoisotopic (exact) mass is 416 g/mol. The summed E-state index contributed by atoms with van der Waals surface area (Å²) in [6.07, 6.45) is 0.977. The van der Waals surface area contributed by atoms with Crippen LogP contribution in [0.1, 0.15) is 12.5 Å². The van der Waals surface area contributed by atoms with Crippen LogP contribution in [0.2, 0.25) is 0 Å². The fourth-order valence-electron chi connectivity index (χ4n) is 2.24. The Kier molecular flexibility index (Phi) is 5.83. The first-order valence-electron chi connectivity index (χ1n) is 7.87. The Morgan fingerprint density at radius 1 is 1.24 bits per heavy atom. The number of carbonyl (C=O) groups is 1. The van der Waals surface area contributed by atoms with Gasteiger partial charge in [-0.3, -0.25) is 10.1 Å². The molecule has 3 aromatic rings. The van der Waals surface area contributed by atoms with E-state index in [2.05, 4.69) is 33.2 Å². The van der Waals surface area contributed by atoms with E-state index in [0.29, 0.717) is 10.9 Å². The lowest BCUT2D eigenvalue weighted by molar-refractivity contribution is -0.118. The van der Waals surface area contributed by atoms with Gasteiger partial charge in [0.05, 0.1) is 5.69 Å². The molecular weight excluding hydrogens is 400 g/mol. The zero-order valence-electron chi connectivity index (χ0n) is 13.7. The predicted molar refractivity (Wildman–Crippen MR) is 105 cm³/mol. The predicted octanol–water partition coefficient (Wildman–Crippen LogP) is 5.15. The molecule has 1 amide bonds. The Hall–Kier alpha value is -2.18. The second-order valence-corrected chi connectivity index (χ2v) is 7.16. The lowest BCUT2D eigenvalue weighted by atomic mass is 10.2. The first-order chi connectivity index (χ1) is 12.1. The normalized spacial score (nSPS) is 10.5. The first kappa shape index (κ1) is 17.6. The molecule has 1 aromatic heterocycles. The number of rotatable bonds is 6. The van der Waals surface area contributed by atoms with Crippen molar-refractivity contribution in [3.05, 3.63) is 63.9 Å². The molecule has 3 rings (SSSR count). The smallest absolute Gasteiger partial charge is 0.264 e. The lowest BCUT2D eigenvalue weighted by Gasteiger charge is -2.06. The maximum atomic E-state index is 12.0. The van der Waals surface area contributed by atoms with Gasteiger partial charge in [0, 0.05) is 15.4 Å². The van der Waals surface area contributed by atoms with E-state index in [9.17, 15) is 4.79 Å². The van der Waals surface area contributed by atoms with Crippen molar-refractivity contribution in [1.82, 2.24) is 4.98 Å². The highest BCUT2D eigenvalue weighted by Crippen LogP contribution is 2.26. The van der Waals surface area contributed by atoms with Crippen LogP contribution in [0.25, 0.3) is 11.3 Å². The molecule has 6 heteroatoms. The lowest BCUT2D eigenvalue weighted by Crippen LogP contribution is -2.20. The zero-order valence-corrected chi connectivity index (χ0v) is 16.1. The fourth-order valence-corrected chi connectivity index (χ4v) is 3.37. The van der Waals surface area contributed by atoms with Crippen molar-refractivity contribution in [2.75, 3.05) is 11.9 Å². The summed E-state index contributed by atoms with van der Waals surface area (Å²) < 4.78 is 6.50. The summed E-state index contributed by atoms with van der Waals surface area (Å²) in [5.41, 5.74) is 3.07. The number of halogens is 1. The van der Waals surface area contributed by atoms with Crippen LogP contribution >= 0.6 is 27.3 Å². The average molecular weight is 417 g/mol. The fraction of sp³-hybridized carbons (Fsp3) is 0.158. The Morgan fingerprint density at radius 3 is 2.76 bits per heavy atom.